The average Bonchev–Trinajstić information content (AvgIpc) is 2.37. The zero-order chi connectivity index (χ0) is 13.7. The first-order valence-electron chi connectivity index (χ1n) is 6.20. The van der Waals surface area contributed by atoms with Crippen LogP contribution in [0.1, 0.15) is 18.4 Å². The van der Waals surface area contributed by atoms with Gasteiger partial charge >= 0.3 is 6.36 Å². The number of halogens is 4. The predicted molar refractivity (Wildman–Crippen MR) is 71.1 cm³/mol. The third-order valence-corrected chi connectivity index (χ3v) is 2.93. The Balaban J connectivity index is 0.00000200. The van der Waals surface area contributed by atoms with Gasteiger partial charge in [0.1, 0.15) is 5.75 Å². The van der Waals surface area contributed by atoms with Gasteiger partial charge in [0, 0.05) is 0 Å². The number of hydrogen-bond donors (Lipinski definition) is 1. The SMILES string of the molecule is Cl.FC(F)(F)Oc1ccc(COC2CCNCC2)cc1. The predicted octanol–water partition coefficient (Wildman–Crippen LogP) is 3.28. The highest BCUT2D eigenvalue weighted by Crippen LogP contribution is 2.23. The summed E-state index contributed by atoms with van der Waals surface area (Å²) in [7, 11) is 0. The number of hydrogen-bond acceptors (Lipinski definition) is 3. The van der Waals surface area contributed by atoms with Crippen LogP contribution in [0.15, 0.2) is 24.3 Å². The molecule has 0 saturated carbocycles. The van der Waals surface area contributed by atoms with E-state index in [-0.39, 0.29) is 24.3 Å². The number of piperidine rings is 1. The Morgan fingerprint density at radius 2 is 1.70 bits per heavy atom. The van der Waals surface area contributed by atoms with Gasteiger partial charge in [-0.3, -0.25) is 0 Å². The standard InChI is InChI=1S/C13H16F3NO2.ClH/c14-13(15,16)19-12-3-1-10(2-4-12)9-18-11-5-7-17-8-6-11;/h1-4,11,17H,5-9H2;1H. The Morgan fingerprint density at radius 3 is 2.25 bits per heavy atom. The van der Waals surface area contributed by atoms with Crippen molar-refractivity contribution >= 4 is 12.4 Å². The molecule has 1 N–H and O–H groups in total. The quantitative estimate of drug-likeness (QED) is 0.925. The van der Waals surface area contributed by atoms with Crippen LogP contribution >= 0.6 is 12.4 Å². The lowest BCUT2D eigenvalue weighted by molar-refractivity contribution is -0.274. The summed E-state index contributed by atoms with van der Waals surface area (Å²) in [6, 6.07) is 5.77. The lowest BCUT2D eigenvalue weighted by atomic mass is 10.1. The van der Waals surface area contributed by atoms with Gasteiger partial charge in [-0.15, -0.1) is 25.6 Å². The Morgan fingerprint density at radius 1 is 1.10 bits per heavy atom. The maximum atomic E-state index is 12.0. The molecule has 2 rings (SSSR count). The summed E-state index contributed by atoms with van der Waals surface area (Å²) in [5.41, 5.74) is 0.841. The van der Waals surface area contributed by atoms with E-state index in [1.54, 1.807) is 12.1 Å². The fourth-order valence-electron chi connectivity index (χ4n) is 1.96. The van der Waals surface area contributed by atoms with Crippen LogP contribution in [-0.2, 0) is 11.3 Å². The molecule has 0 atom stereocenters. The molecule has 114 valence electrons. The van der Waals surface area contributed by atoms with E-state index in [2.05, 4.69) is 10.1 Å². The van der Waals surface area contributed by atoms with Crippen molar-refractivity contribution < 1.29 is 22.6 Å². The normalized spacial score (nSPS) is 16.6. The van der Waals surface area contributed by atoms with Crippen LogP contribution in [0.25, 0.3) is 0 Å². The maximum absolute atomic E-state index is 12.0. The minimum atomic E-state index is -4.65. The summed E-state index contributed by atoms with van der Waals surface area (Å²) >= 11 is 0. The molecule has 3 nitrogen and oxygen atoms in total. The van der Waals surface area contributed by atoms with Gasteiger partial charge in [0.25, 0.3) is 0 Å². The van der Waals surface area contributed by atoms with E-state index in [0.29, 0.717) is 6.61 Å². The lowest BCUT2D eigenvalue weighted by Gasteiger charge is -2.23. The van der Waals surface area contributed by atoms with Gasteiger partial charge in [-0.1, -0.05) is 12.1 Å². The minimum absolute atomic E-state index is 0. The summed E-state index contributed by atoms with van der Waals surface area (Å²) in [5, 5.41) is 3.24. The third-order valence-electron chi connectivity index (χ3n) is 2.93. The molecule has 0 radical (unpaired) electrons. The van der Waals surface area contributed by atoms with Crippen LogP contribution < -0.4 is 10.1 Å². The van der Waals surface area contributed by atoms with E-state index in [4.69, 9.17) is 4.74 Å². The summed E-state index contributed by atoms with van der Waals surface area (Å²) in [4.78, 5) is 0. The molecule has 1 saturated heterocycles. The molecule has 1 aromatic carbocycles. The molecule has 1 aromatic rings. The van der Waals surface area contributed by atoms with Crippen molar-refractivity contribution in [3.63, 3.8) is 0 Å². The topological polar surface area (TPSA) is 30.5 Å². The third kappa shape index (κ3) is 5.98. The molecular formula is C13H17ClF3NO2. The first-order chi connectivity index (χ1) is 9.03. The molecule has 0 bridgehead atoms. The van der Waals surface area contributed by atoms with Crippen molar-refractivity contribution in [2.24, 2.45) is 0 Å². The summed E-state index contributed by atoms with van der Waals surface area (Å²) in [6.45, 7) is 2.31. The molecule has 20 heavy (non-hydrogen) atoms. The second-order valence-corrected chi connectivity index (χ2v) is 4.45. The molecule has 0 aromatic heterocycles. The molecule has 1 aliphatic heterocycles. The summed E-state index contributed by atoms with van der Waals surface area (Å²) in [5.74, 6) is -0.210. The molecule has 1 aliphatic rings. The van der Waals surface area contributed by atoms with E-state index in [1.165, 1.54) is 12.1 Å². The van der Waals surface area contributed by atoms with Gasteiger partial charge in [-0.2, -0.15) is 0 Å². The van der Waals surface area contributed by atoms with E-state index < -0.39 is 6.36 Å². The Kier molecular flexibility index (Phi) is 6.58. The average molecular weight is 312 g/mol. The summed E-state index contributed by atoms with van der Waals surface area (Å²) < 4.78 is 45.4. The van der Waals surface area contributed by atoms with E-state index in [9.17, 15) is 13.2 Å². The molecule has 0 unspecified atom stereocenters. The first-order valence-corrected chi connectivity index (χ1v) is 6.20. The van der Waals surface area contributed by atoms with Crippen molar-refractivity contribution in [2.45, 2.75) is 31.9 Å². The minimum Gasteiger partial charge on any atom is -0.406 e. The zero-order valence-electron chi connectivity index (χ0n) is 10.8. The zero-order valence-corrected chi connectivity index (χ0v) is 11.6. The molecule has 0 amide bonds. The van der Waals surface area contributed by atoms with E-state index in [0.717, 1.165) is 31.5 Å². The number of ether oxygens (including phenoxy) is 2. The van der Waals surface area contributed by atoms with Crippen LogP contribution in [0.2, 0.25) is 0 Å². The first kappa shape index (κ1) is 17.1. The largest absolute Gasteiger partial charge is 0.573 e. The number of rotatable bonds is 4. The Hall–Kier alpha value is -0.980. The Labute approximate surface area is 121 Å². The monoisotopic (exact) mass is 311 g/mol. The Bertz CT molecular complexity index is 392. The number of nitrogens with one attached hydrogen (secondary N) is 1. The second-order valence-electron chi connectivity index (χ2n) is 4.45. The highest BCUT2D eigenvalue weighted by Gasteiger charge is 2.30. The van der Waals surface area contributed by atoms with Gasteiger partial charge in [0.15, 0.2) is 0 Å². The second kappa shape index (κ2) is 7.71. The molecule has 0 aliphatic carbocycles. The van der Waals surface area contributed by atoms with Gasteiger partial charge in [0.2, 0.25) is 0 Å². The lowest BCUT2D eigenvalue weighted by Crippen LogP contribution is -2.32. The fourth-order valence-corrected chi connectivity index (χ4v) is 1.96. The highest BCUT2D eigenvalue weighted by atomic mass is 35.5. The molecule has 1 fully saturated rings. The van der Waals surface area contributed by atoms with Crippen LogP contribution in [-0.4, -0.2) is 25.6 Å². The molecular weight excluding hydrogens is 295 g/mol. The van der Waals surface area contributed by atoms with E-state index >= 15 is 0 Å². The smallest absolute Gasteiger partial charge is 0.406 e. The van der Waals surface area contributed by atoms with Crippen molar-refractivity contribution in [3.05, 3.63) is 29.8 Å². The van der Waals surface area contributed by atoms with Gasteiger partial charge < -0.3 is 14.8 Å². The molecule has 7 heteroatoms. The van der Waals surface area contributed by atoms with Gasteiger partial charge in [-0.05, 0) is 43.6 Å². The van der Waals surface area contributed by atoms with Crippen LogP contribution in [0.4, 0.5) is 13.2 Å². The number of alkyl halides is 3. The molecule has 1 heterocycles. The number of benzene rings is 1. The van der Waals surface area contributed by atoms with Crippen LogP contribution in [0.3, 0.4) is 0 Å². The van der Waals surface area contributed by atoms with Gasteiger partial charge in [0.05, 0.1) is 12.7 Å². The van der Waals surface area contributed by atoms with Crippen molar-refractivity contribution in [2.75, 3.05) is 13.1 Å². The fraction of sp³-hybridized carbons (Fsp3) is 0.538. The highest BCUT2D eigenvalue weighted by molar-refractivity contribution is 5.85. The maximum Gasteiger partial charge on any atom is 0.573 e. The van der Waals surface area contributed by atoms with Crippen LogP contribution in [0, 0.1) is 0 Å². The van der Waals surface area contributed by atoms with Crippen molar-refractivity contribution in [1.82, 2.24) is 5.32 Å². The summed E-state index contributed by atoms with van der Waals surface area (Å²) in [6.07, 6.45) is -2.48. The van der Waals surface area contributed by atoms with Crippen molar-refractivity contribution in [3.8, 4) is 5.75 Å². The van der Waals surface area contributed by atoms with Crippen molar-refractivity contribution in [1.29, 1.82) is 0 Å². The van der Waals surface area contributed by atoms with Crippen LogP contribution in [0.5, 0.6) is 5.75 Å². The van der Waals surface area contributed by atoms with Gasteiger partial charge in [-0.25, -0.2) is 0 Å². The van der Waals surface area contributed by atoms with E-state index in [1.807, 2.05) is 0 Å². The molecule has 0 spiro atoms.